The van der Waals surface area contributed by atoms with E-state index in [1.54, 1.807) is 21.3 Å². The number of ether oxygens (including phenoxy) is 5. The van der Waals surface area contributed by atoms with Crippen LogP contribution in [-0.2, 0) is 19.4 Å². The number of nitrogens with zero attached hydrogens (tertiary/aromatic N) is 1. The first-order valence-corrected chi connectivity index (χ1v) is 11.4. The van der Waals surface area contributed by atoms with Crippen molar-refractivity contribution in [3.8, 4) is 40.0 Å². The van der Waals surface area contributed by atoms with Crippen molar-refractivity contribution in [3.63, 3.8) is 0 Å². The highest BCUT2D eigenvalue weighted by atomic mass is 16.7. The van der Waals surface area contributed by atoms with Crippen LogP contribution in [0, 0.1) is 0 Å². The smallest absolute Gasteiger partial charge is 0.231 e. The number of pyridine rings is 1. The highest BCUT2D eigenvalue weighted by molar-refractivity contribution is 5.95. The molecule has 0 atom stereocenters. The lowest BCUT2D eigenvalue weighted by molar-refractivity contribution is -0.686. The van der Waals surface area contributed by atoms with Crippen LogP contribution in [0.25, 0.3) is 22.0 Å². The summed E-state index contributed by atoms with van der Waals surface area (Å²) in [6, 6.07) is 16.6. The van der Waals surface area contributed by atoms with Gasteiger partial charge in [0.15, 0.2) is 35.7 Å². The highest BCUT2D eigenvalue weighted by Crippen LogP contribution is 2.44. The molecule has 6 rings (SSSR count). The zero-order chi connectivity index (χ0) is 23.2. The fourth-order valence-corrected chi connectivity index (χ4v) is 5.23. The van der Waals surface area contributed by atoms with E-state index in [1.807, 2.05) is 18.2 Å². The number of benzene rings is 3. The SMILES string of the molecule is COc1ccccc1Cc1c2[n+](cc3c(OC)c(OC)ccc13)CCc1cc3c(cc1-2)OCO3. The maximum atomic E-state index is 5.82. The molecule has 0 aliphatic carbocycles. The van der Waals surface area contributed by atoms with Gasteiger partial charge in [-0.1, -0.05) is 18.2 Å². The highest BCUT2D eigenvalue weighted by Gasteiger charge is 2.32. The molecule has 4 aromatic rings. The van der Waals surface area contributed by atoms with Gasteiger partial charge in [0, 0.05) is 23.8 Å². The summed E-state index contributed by atoms with van der Waals surface area (Å²) in [5.41, 5.74) is 5.97. The van der Waals surface area contributed by atoms with Gasteiger partial charge in [-0.2, -0.15) is 4.57 Å². The van der Waals surface area contributed by atoms with Crippen LogP contribution in [0.3, 0.4) is 0 Å². The van der Waals surface area contributed by atoms with Crippen LogP contribution in [-0.4, -0.2) is 28.1 Å². The Bertz CT molecular complexity index is 1430. The quantitative estimate of drug-likeness (QED) is 0.408. The van der Waals surface area contributed by atoms with Gasteiger partial charge >= 0.3 is 0 Å². The minimum absolute atomic E-state index is 0.265. The van der Waals surface area contributed by atoms with Crippen LogP contribution < -0.4 is 28.3 Å². The summed E-state index contributed by atoms with van der Waals surface area (Å²) in [5, 5.41) is 2.15. The Labute approximate surface area is 198 Å². The van der Waals surface area contributed by atoms with Crippen molar-refractivity contribution >= 4 is 10.8 Å². The average Bonchev–Trinajstić information content (AvgIpc) is 3.34. The fourth-order valence-electron chi connectivity index (χ4n) is 5.23. The Morgan fingerprint density at radius 3 is 2.44 bits per heavy atom. The molecular weight excluding hydrogens is 430 g/mol. The van der Waals surface area contributed by atoms with Gasteiger partial charge in [0.05, 0.1) is 32.3 Å². The van der Waals surface area contributed by atoms with E-state index in [1.165, 1.54) is 22.4 Å². The van der Waals surface area contributed by atoms with Crippen molar-refractivity contribution in [2.75, 3.05) is 28.1 Å². The number of para-hydroxylation sites is 1. The molecule has 3 heterocycles. The molecule has 6 nitrogen and oxygen atoms in total. The lowest BCUT2D eigenvalue weighted by Crippen LogP contribution is -2.41. The van der Waals surface area contributed by atoms with Gasteiger partial charge in [-0.15, -0.1) is 0 Å². The number of hydrogen-bond acceptors (Lipinski definition) is 5. The number of fused-ring (bicyclic) bond motifs is 5. The monoisotopic (exact) mass is 456 g/mol. The number of methoxy groups -OCH3 is 3. The van der Waals surface area contributed by atoms with Gasteiger partial charge in [0.2, 0.25) is 12.5 Å². The maximum Gasteiger partial charge on any atom is 0.231 e. The molecule has 3 aromatic carbocycles. The van der Waals surface area contributed by atoms with E-state index in [2.05, 4.69) is 41.1 Å². The topological polar surface area (TPSA) is 50.0 Å². The van der Waals surface area contributed by atoms with E-state index in [0.717, 1.165) is 58.0 Å². The summed E-state index contributed by atoms with van der Waals surface area (Å²) in [5.74, 6) is 3.96. The molecule has 2 aliphatic heterocycles. The van der Waals surface area contributed by atoms with Gasteiger partial charge in [0.1, 0.15) is 5.75 Å². The Morgan fingerprint density at radius 2 is 1.65 bits per heavy atom. The Hall–Kier alpha value is -3.93. The molecule has 172 valence electrons. The predicted octanol–water partition coefficient (Wildman–Crippen LogP) is 4.70. The zero-order valence-corrected chi connectivity index (χ0v) is 19.5. The Kier molecular flexibility index (Phi) is 4.94. The number of rotatable bonds is 5. The van der Waals surface area contributed by atoms with E-state index in [0.29, 0.717) is 6.42 Å². The van der Waals surface area contributed by atoms with Crippen molar-refractivity contribution in [2.24, 2.45) is 0 Å². The largest absolute Gasteiger partial charge is 0.496 e. The van der Waals surface area contributed by atoms with Crippen molar-refractivity contribution in [1.82, 2.24) is 0 Å². The summed E-state index contributed by atoms with van der Waals surface area (Å²) in [7, 11) is 5.08. The van der Waals surface area contributed by atoms with E-state index < -0.39 is 0 Å². The number of aromatic nitrogens is 1. The first-order valence-electron chi connectivity index (χ1n) is 11.4. The lowest BCUT2D eigenvalue weighted by atomic mass is 9.88. The van der Waals surface area contributed by atoms with Crippen LogP contribution >= 0.6 is 0 Å². The summed E-state index contributed by atoms with van der Waals surface area (Å²) >= 11 is 0. The first kappa shape index (κ1) is 20.7. The molecule has 0 bridgehead atoms. The van der Waals surface area contributed by atoms with Gasteiger partial charge in [-0.25, -0.2) is 0 Å². The third kappa shape index (κ3) is 3.13. The van der Waals surface area contributed by atoms with E-state index in [4.69, 9.17) is 23.7 Å². The standard InChI is InChI=1S/C28H26NO5/c1-30-23-7-5-4-6-18(23)12-21-19-8-9-24(31-2)28(32-3)22(19)15-29-11-10-17-13-25-26(34-16-33-25)14-20(17)27(21)29/h4-9,13-15H,10-12,16H2,1-3H3/q+1. The second kappa shape index (κ2) is 8.13. The average molecular weight is 457 g/mol. The number of aryl methyl sites for hydroxylation is 2. The molecule has 0 radical (unpaired) electrons. The van der Waals surface area contributed by atoms with Gasteiger partial charge < -0.3 is 23.7 Å². The van der Waals surface area contributed by atoms with Crippen LogP contribution in [0.2, 0.25) is 0 Å². The summed E-state index contributed by atoms with van der Waals surface area (Å²) < 4.78 is 30.9. The van der Waals surface area contributed by atoms with Crippen molar-refractivity contribution in [1.29, 1.82) is 0 Å². The number of hydrogen-bond donors (Lipinski definition) is 0. The van der Waals surface area contributed by atoms with E-state index >= 15 is 0 Å². The molecular formula is C28H26NO5+. The summed E-state index contributed by atoms with van der Waals surface area (Å²) in [6.45, 7) is 1.12. The minimum Gasteiger partial charge on any atom is -0.496 e. The maximum absolute atomic E-state index is 5.82. The third-order valence-corrected chi connectivity index (χ3v) is 6.80. The fraction of sp³-hybridized carbons (Fsp3) is 0.250. The van der Waals surface area contributed by atoms with E-state index in [-0.39, 0.29) is 6.79 Å². The normalized spacial score (nSPS) is 13.4. The third-order valence-electron chi connectivity index (χ3n) is 6.80. The zero-order valence-electron chi connectivity index (χ0n) is 19.5. The van der Waals surface area contributed by atoms with Gasteiger partial charge in [-0.05, 0) is 41.5 Å². The van der Waals surface area contributed by atoms with Crippen molar-refractivity contribution < 1.29 is 28.3 Å². The van der Waals surface area contributed by atoms with Crippen molar-refractivity contribution in [3.05, 3.63) is 71.4 Å². The molecule has 0 unspecified atom stereocenters. The molecule has 34 heavy (non-hydrogen) atoms. The minimum atomic E-state index is 0.265. The summed E-state index contributed by atoms with van der Waals surface area (Å²) in [4.78, 5) is 0. The van der Waals surface area contributed by atoms with Crippen LogP contribution in [0.15, 0.2) is 54.7 Å². The molecule has 0 saturated heterocycles. The van der Waals surface area contributed by atoms with Crippen LogP contribution in [0.5, 0.6) is 28.7 Å². The molecule has 0 fully saturated rings. The predicted molar refractivity (Wildman–Crippen MR) is 128 cm³/mol. The molecule has 0 N–H and O–H groups in total. The second-order valence-corrected chi connectivity index (χ2v) is 8.51. The van der Waals surface area contributed by atoms with Crippen LogP contribution in [0.4, 0.5) is 0 Å². The molecule has 0 saturated carbocycles. The molecule has 0 spiro atoms. The van der Waals surface area contributed by atoms with Gasteiger partial charge in [-0.3, -0.25) is 0 Å². The molecule has 2 aliphatic rings. The van der Waals surface area contributed by atoms with Gasteiger partial charge in [0.25, 0.3) is 0 Å². The lowest BCUT2D eigenvalue weighted by Gasteiger charge is -2.21. The van der Waals surface area contributed by atoms with Crippen LogP contribution in [0.1, 0.15) is 16.7 Å². The second-order valence-electron chi connectivity index (χ2n) is 8.51. The first-order chi connectivity index (χ1) is 16.7. The molecule has 1 aromatic heterocycles. The van der Waals surface area contributed by atoms with E-state index in [9.17, 15) is 0 Å². The molecule has 0 amide bonds. The Balaban J connectivity index is 1.66. The Morgan fingerprint density at radius 1 is 0.853 bits per heavy atom. The summed E-state index contributed by atoms with van der Waals surface area (Å²) in [6.07, 6.45) is 3.81. The molecule has 6 heteroatoms. The van der Waals surface area contributed by atoms with Crippen molar-refractivity contribution in [2.45, 2.75) is 19.4 Å².